The van der Waals surface area contributed by atoms with Crippen LogP contribution in [0.5, 0.6) is 0 Å². The molecule has 1 saturated heterocycles. The smallest absolute Gasteiger partial charge is 0.0278 e. The molecule has 0 bridgehead atoms. The zero-order valence-corrected chi connectivity index (χ0v) is 13.9. The van der Waals surface area contributed by atoms with Gasteiger partial charge in [-0.15, -0.1) is 0 Å². The molecule has 1 aliphatic rings. The Hall–Kier alpha value is -0.510. The molecule has 2 nitrogen and oxygen atoms in total. The molecule has 0 aromatic heterocycles. The topological polar surface area (TPSA) is 15.3 Å². The van der Waals surface area contributed by atoms with E-state index in [0.29, 0.717) is 6.04 Å². The number of thioether (sulfide) groups is 1. The van der Waals surface area contributed by atoms with Crippen molar-refractivity contribution in [2.75, 3.05) is 31.6 Å². The average Bonchev–Trinajstić information content (AvgIpc) is 2.49. The Labute approximate surface area is 128 Å². The minimum atomic E-state index is 0.283. The van der Waals surface area contributed by atoms with E-state index < -0.39 is 0 Å². The molecule has 112 valence electrons. The number of benzene rings is 1. The van der Waals surface area contributed by atoms with Gasteiger partial charge in [0.25, 0.3) is 0 Å². The van der Waals surface area contributed by atoms with Crippen molar-refractivity contribution >= 4 is 11.8 Å². The highest BCUT2D eigenvalue weighted by atomic mass is 32.2. The lowest BCUT2D eigenvalue weighted by Gasteiger charge is -2.46. The van der Waals surface area contributed by atoms with Crippen LogP contribution in [0.4, 0.5) is 0 Å². The number of hydrogen-bond donors (Lipinski definition) is 1. The summed E-state index contributed by atoms with van der Waals surface area (Å²) < 4.78 is 0. The monoisotopic (exact) mass is 292 g/mol. The summed E-state index contributed by atoms with van der Waals surface area (Å²) in [5, 5.41) is 3.77. The van der Waals surface area contributed by atoms with Gasteiger partial charge in [-0.2, -0.15) is 11.8 Å². The van der Waals surface area contributed by atoms with Gasteiger partial charge in [-0.05, 0) is 31.6 Å². The molecular weight excluding hydrogens is 264 g/mol. The highest BCUT2D eigenvalue weighted by molar-refractivity contribution is 7.98. The van der Waals surface area contributed by atoms with Crippen LogP contribution in [0, 0.1) is 0 Å². The lowest BCUT2D eigenvalue weighted by atomic mass is 9.91. The highest BCUT2D eigenvalue weighted by Gasteiger charge is 2.33. The second kappa shape index (κ2) is 7.48. The van der Waals surface area contributed by atoms with Gasteiger partial charge in [-0.1, -0.05) is 37.3 Å². The van der Waals surface area contributed by atoms with E-state index in [1.807, 2.05) is 11.8 Å². The number of nitrogens with one attached hydrogen (secondary N) is 1. The van der Waals surface area contributed by atoms with Crippen molar-refractivity contribution in [3.05, 3.63) is 35.9 Å². The molecule has 0 amide bonds. The molecule has 1 aromatic carbocycles. The predicted molar refractivity (Wildman–Crippen MR) is 90.6 cm³/mol. The Balaban J connectivity index is 2.02. The van der Waals surface area contributed by atoms with Crippen molar-refractivity contribution in [1.82, 2.24) is 10.2 Å². The molecule has 2 rings (SSSR count). The summed E-state index contributed by atoms with van der Waals surface area (Å²) in [6, 6.07) is 11.5. The van der Waals surface area contributed by atoms with Crippen molar-refractivity contribution in [2.24, 2.45) is 0 Å². The average molecular weight is 292 g/mol. The standard InChI is InChI=1S/C17H28N2S/c1-4-17(2)14-19(10-11-20-3)16(13-18-17)12-15-8-6-5-7-9-15/h5-9,16,18H,4,10-14H2,1-3H3. The molecule has 1 N–H and O–H groups in total. The molecule has 1 aromatic rings. The molecule has 0 saturated carbocycles. The SMILES string of the molecule is CCC1(C)CN(CCSC)C(Cc2ccccc2)CN1. The Kier molecular flexibility index (Phi) is 5.94. The fourth-order valence-corrected chi connectivity index (χ4v) is 3.34. The van der Waals surface area contributed by atoms with Gasteiger partial charge in [-0.25, -0.2) is 0 Å². The van der Waals surface area contributed by atoms with Gasteiger partial charge in [0, 0.05) is 37.0 Å². The summed E-state index contributed by atoms with van der Waals surface area (Å²) in [6.07, 6.45) is 4.55. The molecule has 2 unspecified atom stereocenters. The Morgan fingerprint density at radius 3 is 2.75 bits per heavy atom. The molecule has 1 heterocycles. The van der Waals surface area contributed by atoms with E-state index in [-0.39, 0.29) is 5.54 Å². The maximum absolute atomic E-state index is 3.77. The highest BCUT2D eigenvalue weighted by Crippen LogP contribution is 2.21. The van der Waals surface area contributed by atoms with E-state index in [2.05, 4.69) is 60.7 Å². The van der Waals surface area contributed by atoms with Crippen LogP contribution in [0.1, 0.15) is 25.8 Å². The van der Waals surface area contributed by atoms with Gasteiger partial charge in [0.15, 0.2) is 0 Å². The lowest BCUT2D eigenvalue weighted by molar-refractivity contribution is 0.0905. The van der Waals surface area contributed by atoms with Gasteiger partial charge < -0.3 is 5.32 Å². The van der Waals surface area contributed by atoms with Crippen molar-refractivity contribution in [2.45, 2.75) is 38.3 Å². The van der Waals surface area contributed by atoms with Gasteiger partial charge in [-0.3, -0.25) is 4.90 Å². The number of hydrogen-bond acceptors (Lipinski definition) is 3. The third-order valence-electron chi connectivity index (χ3n) is 4.51. The van der Waals surface area contributed by atoms with Crippen LogP contribution in [0.25, 0.3) is 0 Å². The van der Waals surface area contributed by atoms with E-state index in [1.54, 1.807) is 0 Å². The predicted octanol–water partition coefficient (Wildman–Crippen LogP) is 3.03. The zero-order valence-electron chi connectivity index (χ0n) is 13.1. The van der Waals surface area contributed by atoms with Crippen molar-refractivity contribution in [3.8, 4) is 0 Å². The van der Waals surface area contributed by atoms with Crippen LogP contribution >= 0.6 is 11.8 Å². The summed E-state index contributed by atoms with van der Waals surface area (Å²) in [5.74, 6) is 1.23. The zero-order chi connectivity index (χ0) is 14.4. The van der Waals surface area contributed by atoms with Crippen LogP contribution in [0.15, 0.2) is 30.3 Å². The van der Waals surface area contributed by atoms with Crippen LogP contribution in [0.3, 0.4) is 0 Å². The van der Waals surface area contributed by atoms with E-state index >= 15 is 0 Å². The molecule has 0 radical (unpaired) electrons. The first kappa shape index (κ1) is 15.9. The third kappa shape index (κ3) is 4.24. The first-order chi connectivity index (χ1) is 9.67. The van der Waals surface area contributed by atoms with E-state index in [4.69, 9.17) is 0 Å². The van der Waals surface area contributed by atoms with E-state index in [9.17, 15) is 0 Å². The maximum atomic E-state index is 3.77. The van der Waals surface area contributed by atoms with Gasteiger partial charge >= 0.3 is 0 Å². The Bertz CT molecular complexity index is 395. The fourth-order valence-electron chi connectivity index (χ4n) is 2.92. The Morgan fingerprint density at radius 1 is 1.35 bits per heavy atom. The molecule has 2 atom stereocenters. The summed E-state index contributed by atoms with van der Waals surface area (Å²) in [6.45, 7) is 8.13. The molecule has 1 fully saturated rings. The summed E-state index contributed by atoms with van der Waals surface area (Å²) in [4.78, 5) is 2.70. The summed E-state index contributed by atoms with van der Waals surface area (Å²) >= 11 is 1.95. The number of piperazine rings is 1. The lowest BCUT2D eigenvalue weighted by Crippen LogP contribution is -2.63. The second-order valence-corrected chi connectivity index (χ2v) is 7.09. The van der Waals surface area contributed by atoms with Gasteiger partial charge in [0.2, 0.25) is 0 Å². The van der Waals surface area contributed by atoms with E-state index in [1.165, 1.54) is 30.8 Å². The van der Waals surface area contributed by atoms with Crippen LogP contribution in [0.2, 0.25) is 0 Å². The molecule has 0 aliphatic carbocycles. The molecule has 3 heteroatoms. The number of rotatable bonds is 6. The quantitative estimate of drug-likeness (QED) is 0.867. The minimum absolute atomic E-state index is 0.283. The van der Waals surface area contributed by atoms with Crippen LogP contribution < -0.4 is 5.32 Å². The first-order valence-corrected chi connectivity index (χ1v) is 9.08. The first-order valence-electron chi connectivity index (χ1n) is 7.69. The molecular formula is C17H28N2S. The van der Waals surface area contributed by atoms with Gasteiger partial charge in [0.05, 0.1) is 0 Å². The second-order valence-electron chi connectivity index (χ2n) is 6.10. The van der Waals surface area contributed by atoms with Gasteiger partial charge in [0.1, 0.15) is 0 Å². The minimum Gasteiger partial charge on any atom is -0.309 e. The molecule has 1 aliphatic heterocycles. The normalized spacial score (nSPS) is 27.6. The van der Waals surface area contributed by atoms with Crippen molar-refractivity contribution in [3.63, 3.8) is 0 Å². The molecule has 20 heavy (non-hydrogen) atoms. The third-order valence-corrected chi connectivity index (χ3v) is 5.10. The largest absolute Gasteiger partial charge is 0.309 e. The molecule has 0 spiro atoms. The van der Waals surface area contributed by atoms with E-state index in [0.717, 1.165) is 13.0 Å². The van der Waals surface area contributed by atoms with Crippen LogP contribution in [-0.4, -0.2) is 48.1 Å². The van der Waals surface area contributed by atoms with Crippen LogP contribution in [-0.2, 0) is 6.42 Å². The maximum Gasteiger partial charge on any atom is 0.0278 e. The number of nitrogens with zero attached hydrogens (tertiary/aromatic N) is 1. The Morgan fingerprint density at radius 2 is 2.10 bits per heavy atom. The van der Waals surface area contributed by atoms with Crippen molar-refractivity contribution in [1.29, 1.82) is 0 Å². The summed E-state index contributed by atoms with van der Waals surface area (Å²) in [5.41, 5.74) is 1.74. The summed E-state index contributed by atoms with van der Waals surface area (Å²) in [7, 11) is 0. The fraction of sp³-hybridized carbons (Fsp3) is 0.647. The van der Waals surface area contributed by atoms with Crippen molar-refractivity contribution < 1.29 is 0 Å².